The summed E-state index contributed by atoms with van der Waals surface area (Å²) < 4.78 is 28.0. The molecule has 0 spiro atoms. The number of amides is 1. The summed E-state index contributed by atoms with van der Waals surface area (Å²) in [6.07, 6.45) is 3.35. The highest BCUT2D eigenvalue weighted by atomic mass is 16.5. The van der Waals surface area contributed by atoms with Crippen LogP contribution in [0.3, 0.4) is 0 Å². The topological polar surface area (TPSA) is 82.4 Å². The molecule has 36 heavy (non-hydrogen) atoms. The molecular formula is C28H34N2O6. The Morgan fingerprint density at radius 3 is 2.58 bits per heavy atom. The third kappa shape index (κ3) is 5.83. The number of hydrogen-bond donors (Lipinski definition) is 1. The number of morpholine rings is 1. The molecule has 1 fully saturated rings. The second-order valence-corrected chi connectivity index (χ2v) is 8.57. The molecule has 1 amide bonds. The highest BCUT2D eigenvalue weighted by molar-refractivity contribution is 6.00. The van der Waals surface area contributed by atoms with Crippen LogP contribution in [0.2, 0.25) is 0 Å². The van der Waals surface area contributed by atoms with Gasteiger partial charge in [-0.3, -0.25) is 9.69 Å². The van der Waals surface area contributed by atoms with Crippen molar-refractivity contribution in [3.8, 4) is 28.4 Å². The number of nitrogens with zero attached hydrogens (tertiary/aromatic N) is 1. The van der Waals surface area contributed by atoms with Crippen molar-refractivity contribution >= 4 is 22.4 Å². The summed E-state index contributed by atoms with van der Waals surface area (Å²) in [6, 6.07) is 9.65. The highest BCUT2D eigenvalue weighted by Gasteiger charge is 2.17. The second kappa shape index (κ2) is 12.0. The van der Waals surface area contributed by atoms with E-state index >= 15 is 0 Å². The first-order valence-corrected chi connectivity index (χ1v) is 12.2. The molecule has 0 aliphatic carbocycles. The summed E-state index contributed by atoms with van der Waals surface area (Å²) >= 11 is 0. The lowest BCUT2D eigenvalue weighted by Crippen LogP contribution is -2.41. The molecule has 0 atom stereocenters. The van der Waals surface area contributed by atoms with Gasteiger partial charge in [0.2, 0.25) is 5.91 Å². The number of allylic oxidation sites excluding steroid dienone is 1. The summed E-state index contributed by atoms with van der Waals surface area (Å²) in [7, 11) is 3.22. The Morgan fingerprint density at radius 1 is 1.08 bits per heavy atom. The Labute approximate surface area is 211 Å². The predicted octanol–water partition coefficient (Wildman–Crippen LogP) is 4.37. The third-order valence-electron chi connectivity index (χ3n) is 6.27. The second-order valence-electron chi connectivity index (χ2n) is 8.57. The van der Waals surface area contributed by atoms with Crippen LogP contribution >= 0.6 is 0 Å². The van der Waals surface area contributed by atoms with E-state index in [9.17, 15) is 4.79 Å². The van der Waals surface area contributed by atoms with Gasteiger partial charge in [0.25, 0.3) is 0 Å². The number of hydrogen-bond acceptors (Lipinski definition) is 7. The van der Waals surface area contributed by atoms with Crippen molar-refractivity contribution in [3.05, 3.63) is 48.2 Å². The summed E-state index contributed by atoms with van der Waals surface area (Å²) in [4.78, 5) is 14.9. The van der Waals surface area contributed by atoms with Gasteiger partial charge in [-0.25, -0.2) is 0 Å². The quantitative estimate of drug-likeness (QED) is 0.419. The fraction of sp³-hybridized carbons (Fsp3) is 0.393. The minimum Gasteiger partial charge on any atom is -0.493 e. The SMILES string of the molecule is CCOc1cc2occ(-c3ccc(OC)c(OC)c3)c2cc1/C(C)=C/C(=O)NCCN1CCOCC1. The molecule has 3 aromatic rings. The molecular weight excluding hydrogens is 460 g/mol. The monoisotopic (exact) mass is 494 g/mol. The zero-order valence-corrected chi connectivity index (χ0v) is 21.4. The van der Waals surface area contributed by atoms with Gasteiger partial charge in [0.1, 0.15) is 11.3 Å². The average Bonchev–Trinajstić information content (AvgIpc) is 3.31. The van der Waals surface area contributed by atoms with Crippen molar-refractivity contribution in [2.45, 2.75) is 13.8 Å². The molecule has 0 unspecified atom stereocenters. The molecule has 0 bridgehead atoms. The van der Waals surface area contributed by atoms with Crippen molar-refractivity contribution in [3.63, 3.8) is 0 Å². The number of nitrogens with one attached hydrogen (secondary N) is 1. The van der Waals surface area contributed by atoms with Gasteiger partial charge in [0.15, 0.2) is 11.5 Å². The van der Waals surface area contributed by atoms with Gasteiger partial charge in [0.05, 0.1) is 40.3 Å². The van der Waals surface area contributed by atoms with Gasteiger partial charge in [-0.2, -0.15) is 0 Å². The first-order chi connectivity index (χ1) is 17.5. The van der Waals surface area contributed by atoms with Crippen LogP contribution in [-0.2, 0) is 9.53 Å². The van der Waals surface area contributed by atoms with Gasteiger partial charge in [-0.05, 0) is 43.2 Å². The largest absolute Gasteiger partial charge is 0.493 e. The van der Waals surface area contributed by atoms with Crippen LogP contribution in [0.4, 0.5) is 0 Å². The summed E-state index contributed by atoms with van der Waals surface area (Å²) in [5.41, 5.74) is 4.20. The molecule has 1 aliphatic rings. The summed E-state index contributed by atoms with van der Waals surface area (Å²) in [6.45, 7) is 9.03. The summed E-state index contributed by atoms with van der Waals surface area (Å²) in [5.74, 6) is 1.84. The first-order valence-electron chi connectivity index (χ1n) is 12.2. The molecule has 0 radical (unpaired) electrons. The van der Waals surface area contributed by atoms with E-state index in [-0.39, 0.29) is 5.91 Å². The van der Waals surface area contributed by atoms with Crippen LogP contribution in [0.25, 0.3) is 27.7 Å². The Kier molecular flexibility index (Phi) is 8.51. The van der Waals surface area contributed by atoms with Gasteiger partial charge in [0, 0.05) is 54.8 Å². The lowest BCUT2D eigenvalue weighted by atomic mass is 9.99. The molecule has 1 aromatic heterocycles. The van der Waals surface area contributed by atoms with E-state index in [1.165, 1.54) is 0 Å². The minimum absolute atomic E-state index is 0.129. The molecule has 8 nitrogen and oxygen atoms in total. The fourth-order valence-corrected chi connectivity index (χ4v) is 4.35. The highest BCUT2D eigenvalue weighted by Crippen LogP contribution is 2.40. The smallest absolute Gasteiger partial charge is 0.244 e. The molecule has 1 N–H and O–H groups in total. The molecule has 2 heterocycles. The van der Waals surface area contributed by atoms with Gasteiger partial charge < -0.3 is 28.7 Å². The molecule has 8 heteroatoms. The van der Waals surface area contributed by atoms with Gasteiger partial charge in [-0.1, -0.05) is 6.07 Å². The minimum atomic E-state index is -0.129. The third-order valence-corrected chi connectivity index (χ3v) is 6.27. The summed E-state index contributed by atoms with van der Waals surface area (Å²) in [5, 5.41) is 3.91. The van der Waals surface area contributed by atoms with E-state index in [1.54, 1.807) is 26.6 Å². The lowest BCUT2D eigenvalue weighted by molar-refractivity contribution is -0.116. The maximum absolute atomic E-state index is 12.7. The van der Waals surface area contributed by atoms with Crippen LogP contribution in [0.5, 0.6) is 17.2 Å². The number of methoxy groups -OCH3 is 2. The number of benzene rings is 2. The van der Waals surface area contributed by atoms with Gasteiger partial charge in [-0.15, -0.1) is 0 Å². The van der Waals surface area contributed by atoms with Crippen LogP contribution in [0.1, 0.15) is 19.4 Å². The van der Waals surface area contributed by atoms with E-state index < -0.39 is 0 Å². The number of fused-ring (bicyclic) bond motifs is 1. The molecule has 192 valence electrons. The van der Waals surface area contributed by atoms with Crippen molar-refractivity contribution in [2.75, 3.05) is 60.2 Å². The average molecular weight is 495 g/mol. The van der Waals surface area contributed by atoms with Crippen molar-refractivity contribution in [2.24, 2.45) is 0 Å². The van der Waals surface area contributed by atoms with E-state index in [2.05, 4.69) is 10.2 Å². The van der Waals surface area contributed by atoms with E-state index in [1.807, 2.05) is 44.2 Å². The van der Waals surface area contributed by atoms with Crippen LogP contribution in [0, 0.1) is 0 Å². The molecule has 0 saturated carbocycles. The van der Waals surface area contributed by atoms with Crippen molar-refractivity contribution in [1.29, 1.82) is 0 Å². The zero-order valence-electron chi connectivity index (χ0n) is 21.4. The maximum Gasteiger partial charge on any atom is 0.244 e. The normalized spacial score (nSPS) is 14.6. The number of ether oxygens (including phenoxy) is 4. The Balaban J connectivity index is 1.59. The number of furan rings is 1. The molecule has 4 rings (SSSR count). The van der Waals surface area contributed by atoms with Gasteiger partial charge >= 0.3 is 0 Å². The lowest BCUT2D eigenvalue weighted by Gasteiger charge is -2.26. The van der Waals surface area contributed by atoms with Crippen LogP contribution in [-0.4, -0.2) is 71.0 Å². The number of rotatable bonds is 10. The van der Waals surface area contributed by atoms with Crippen molar-refractivity contribution < 1.29 is 28.2 Å². The Morgan fingerprint density at radius 2 is 1.86 bits per heavy atom. The Bertz CT molecular complexity index is 1230. The Hall–Kier alpha value is -3.49. The van der Waals surface area contributed by atoms with E-state index in [4.69, 9.17) is 23.4 Å². The molecule has 1 saturated heterocycles. The maximum atomic E-state index is 12.7. The van der Waals surface area contributed by atoms with E-state index in [0.29, 0.717) is 36.0 Å². The first kappa shape index (κ1) is 25.6. The molecule has 2 aromatic carbocycles. The molecule has 1 aliphatic heterocycles. The number of carbonyl (C=O) groups excluding carboxylic acids is 1. The standard InChI is InChI=1S/C28H34N2O6/c1-5-35-25-17-26-22(23(18-36-26)20-6-7-24(32-3)27(15-20)33-4)16-21(25)19(2)14-28(31)29-8-9-30-10-12-34-13-11-30/h6-7,14-18H,5,8-13H2,1-4H3,(H,29,31)/b19-14+. The fourth-order valence-electron chi connectivity index (χ4n) is 4.35. The van der Waals surface area contributed by atoms with Crippen molar-refractivity contribution in [1.82, 2.24) is 10.2 Å². The number of carbonyl (C=O) groups is 1. The van der Waals surface area contributed by atoms with Crippen LogP contribution < -0.4 is 19.5 Å². The van der Waals surface area contributed by atoms with E-state index in [0.717, 1.165) is 60.5 Å². The van der Waals surface area contributed by atoms with Crippen LogP contribution in [0.15, 0.2) is 47.1 Å². The zero-order chi connectivity index (χ0) is 25.5. The predicted molar refractivity (Wildman–Crippen MR) is 140 cm³/mol.